The first-order valence-corrected chi connectivity index (χ1v) is 5.16. The molecule has 0 aliphatic heterocycles. The molecule has 1 rings (SSSR count). The molecule has 1 aromatic rings. The van der Waals surface area contributed by atoms with Gasteiger partial charge in [0.2, 0.25) is 0 Å². The monoisotopic (exact) mass is 239 g/mol. The lowest BCUT2D eigenvalue weighted by Crippen LogP contribution is -2.20. The summed E-state index contributed by atoms with van der Waals surface area (Å²) in [5.41, 5.74) is 4.78. The van der Waals surface area contributed by atoms with Gasteiger partial charge in [-0.2, -0.15) is 0 Å². The molecule has 1 unspecified atom stereocenters. The van der Waals surface area contributed by atoms with Crippen LogP contribution in [-0.2, 0) is 4.79 Å². The van der Waals surface area contributed by atoms with Crippen molar-refractivity contribution in [3.8, 4) is 5.75 Å². The van der Waals surface area contributed by atoms with Crippen molar-refractivity contribution in [2.45, 2.75) is 26.4 Å². The average Bonchev–Trinajstić information content (AvgIpc) is 2.15. The molecule has 0 bridgehead atoms. The number of ketones is 1. The number of hydrogen-bond acceptors (Lipinski definition) is 3. The quantitative estimate of drug-likeness (QED) is 0.849. The lowest BCUT2D eigenvalue weighted by Gasteiger charge is -2.15. The Balaban J connectivity index is 2.94. The number of carbonyl (C=O) groups excluding carboxylic acids is 2. The van der Waals surface area contributed by atoms with Crippen LogP contribution in [0.3, 0.4) is 0 Å². The fraction of sp³-hybridized carbons (Fsp3) is 0.333. The van der Waals surface area contributed by atoms with Gasteiger partial charge in [-0.15, -0.1) is 0 Å². The number of amides is 1. The Hall–Kier alpha value is -1.91. The number of carbonyl (C=O) groups is 2. The number of primary amides is 1. The number of Topliss-reactive ketones (excluding diaryl/α,β-unsaturated/α-hetero) is 1. The summed E-state index contributed by atoms with van der Waals surface area (Å²) in [5, 5.41) is 0. The van der Waals surface area contributed by atoms with E-state index >= 15 is 0 Å². The molecule has 0 saturated heterocycles. The van der Waals surface area contributed by atoms with Gasteiger partial charge in [0.25, 0.3) is 5.91 Å². The first-order valence-electron chi connectivity index (χ1n) is 5.16. The largest absolute Gasteiger partial charge is 0.489 e. The van der Waals surface area contributed by atoms with E-state index in [1.54, 1.807) is 6.92 Å². The fourth-order valence-electron chi connectivity index (χ4n) is 1.50. The molecule has 2 N–H and O–H groups in total. The summed E-state index contributed by atoms with van der Waals surface area (Å²) in [6.07, 6.45) is -0.248. The van der Waals surface area contributed by atoms with Gasteiger partial charge in [-0.25, -0.2) is 4.39 Å². The van der Waals surface area contributed by atoms with Crippen molar-refractivity contribution in [3.05, 3.63) is 29.6 Å². The van der Waals surface area contributed by atoms with E-state index in [4.69, 9.17) is 10.5 Å². The third-order valence-electron chi connectivity index (χ3n) is 2.12. The first kappa shape index (κ1) is 13.2. The van der Waals surface area contributed by atoms with Gasteiger partial charge in [0.15, 0.2) is 0 Å². The van der Waals surface area contributed by atoms with Gasteiger partial charge >= 0.3 is 0 Å². The highest BCUT2D eigenvalue weighted by Crippen LogP contribution is 2.22. The van der Waals surface area contributed by atoms with Crippen LogP contribution in [0.25, 0.3) is 0 Å². The van der Waals surface area contributed by atoms with Gasteiger partial charge < -0.3 is 10.5 Å². The summed E-state index contributed by atoms with van der Waals surface area (Å²) in [7, 11) is 0. The lowest BCUT2D eigenvalue weighted by atomic mass is 10.1. The molecule has 0 heterocycles. The van der Waals surface area contributed by atoms with E-state index in [1.807, 2.05) is 0 Å². The highest BCUT2D eigenvalue weighted by atomic mass is 19.1. The van der Waals surface area contributed by atoms with Crippen LogP contribution in [-0.4, -0.2) is 17.8 Å². The number of halogens is 1. The maximum atomic E-state index is 13.4. The standard InChI is InChI=1S/C12H14FNO3/c1-7(15)6-8(2)17-10-5-3-4-9(13)11(10)12(14)16/h3-5,8H,6H2,1-2H3,(H2,14,16). The molecule has 0 aliphatic carbocycles. The number of ether oxygens (including phenoxy) is 1. The van der Waals surface area contributed by atoms with Crippen molar-refractivity contribution in [2.24, 2.45) is 5.73 Å². The van der Waals surface area contributed by atoms with Gasteiger partial charge in [-0.05, 0) is 26.0 Å². The Morgan fingerprint density at radius 3 is 2.65 bits per heavy atom. The number of nitrogens with two attached hydrogens (primary N) is 1. The zero-order valence-corrected chi connectivity index (χ0v) is 9.70. The summed E-state index contributed by atoms with van der Waals surface area (Å²) < 4.78 is 18.7. The molecule has 0 aliphatic rings. The summed E-state index contributed by atoms with van der Waals surface area (Å²) in [6.45, 7) is 3.09. The molecule has 1 amide bonds. The minimum absolute atomic E-state index is 0.0467. The Morgan fingerprint density at radius 1 is 1.47 bits per heavy atom. The number of hydrogen-bond donors (Lipinski definition) is 1. The zero-order chi connectivity index (χ0) is 13.0. The van der Waals surface area contributed by atoms with Crippen LogP contribution in [0.15, 0.2) is 18.2 Å². The summed E-state index contributed by atoms with van der Waals surface area (Å²) >= 11 is 0. The van der Waals surface area contributed by atoms with E-state index in [0.717, 1.165) is 6.07 Å². The van der Waals surface area contributed by atoms with Gasteiger partial charge in [-0.3, -0.25) is 9.59 Å². The Bertz CT molecular complexity index is 445. The van der Waals surface area contributed by atoms with Crippen molar-refractivity contribution in [1.29, 1.82) is 0 Å². The van der Waals surface area contributed by atoms with Crippen molar-refractivity contribution in [1.82, 2.24) is 0 Å². The molecule has 1 aromatic carbocycles. The molecule has 0 saturated carbocycles. The summed E-state index contributed by atoms with van der Waals surface area (Å²) in [6, 6.07) is 3.99. The topological polar surface area (TPSA) is 69.4 Å². The highest BCUT2D eigenvalue weighted by Gasteiger charge is 2.17. The van der Waals surface area contributed by atoms with Crippen LogP contribution in [0.4, 0.5) is 4.39 Å². The van der Waals surface area contributed by atoms with E-state index in [-0.39, 0.29) is 23.5 Å². The van der Waals surface area contributed by atoms with E-state index < -0.39 is 17.8 Å². The van der Waals surface area contributed by atoms with Crippen molar-refractivity contribution in [3.63, 3.8) is 0 Å². The molecule has 0 aromatic heterocycles. The van der Waals surface area contributed by atoms with Crippen molar-refractivity contribution < 1.29 is 18.7 Å². The van der Waals surface area contributed by atoms with E-state index in [1.165, 1.54) is 19.1 Å². The van der Waals surface area contributed by atoms with Crippen molar-refractivity contribution in [2.75, 3.05) is 0 Å². The Morgan fingerprint density at radius 2 is 2.12 bits per heavy atom. The fourth-order valence-corrected chi connectivity index (χ4v) is 1.50. The SMILES string of the molecule is CC(=O)CC(C)Oc1cccc(F)c1C(N)=O. The van der Waals surface area contributed by atoms with Crippen LogP contribution in [0.2, 0.25) is 0 Å². The number of benzene rings is 1. The van der Waals surface area contributed by atoms with Gasteiger partial charge in [0.1, 0.15) is 29.0 Å². The molecule has 0 fully saturated rings. The highest BCUT2D eigenvalue weighted by molar-refractivity contribution is 5.95. The predicted octanol–water partition coefficient (Wildman–Crippen LogP) is 1.67. The van der Waals surface area contributed by atoms with Gasteiger partial charge in [0.05, 0.1) is 0 Å². The second-order valence-electron chi connectivity index (χ2n) is 3.81. The van der Waals surface area contributed by atoms with Crippen LogP contribution in [0.1, 0.15) is 30.6 Å². The molecule has 0 spiro atoms. The molecular formula is C12H14FNO3. The second kappa shape index (κ2) is 5.43. The van der Waals surface area contributed by atoms with Crippen LogP contribution in [0.5, 0.6) is 5.75 Å². The minimum atomic E-state index is -0.895. The molecule has 0 radical (unpaired) electrons. The Kier molecular flexibility index (Phi) is 4.20. The predicted molar refractivity (Wildman–Crippen MR) is 60.3 cm³/mol. The normalized spacial score (nSPS) is 11.9. The maximum absolute atomic E-state index is 13.4. The zero-order valence-electron chi connectivity index (χ0n) is 9.70. The Labute approximate surface area is 98.6 Å². The number of rotatable bonds is 5. The van der Waals surface area contributed by atoms with E-state index in [0.29, 0.717) is 0 Å². The van der Waals surface area contributed by atoms with Crippen LogP contribution in [0, 0.1) is 5.82 Å². The lowest BCUT2D eigenvalue weighted by molar-refractivity contribution is -0.118. The maximum Gasteiger partial charge on any atom is 0.255 e. The minimum Gasteiger partial charge on any atom is -0.489 e. The smallest absolute Gasteiger partial charge is 0.255 e. The average molecular weight is 239 g/mol. The van der Waals surface area contributed by atoms with Crippen molar-refractivity contribution >= 4 is 11.7 Å². The van der Waals surface area contributed by atoms with E-state index in [2.05, 4.69) is 0 Å². The second-order valence-corrected chi connectivity index (χ2v) is 3.81. The molecule has 17 heavy (non-hydrogen) atoms. The molecule has 92 valence electrons. The van der Waals surface area contributed by atoms with Gasteiger partial charge in [-0.1, -0.05) is 6.07 Å². The third kappa shape index (κ3) is 3.55. The first-order chi connectivity index (χ1) is 7.91. The van der Waals surface area contributed by atoms with Crippen LogP contribution >= 0.6 is 0 Å². The summed E-state index contributed by atoms with van der Waals surface area (Å²) in [4.78, 5) is 22.0. The molecular weight excluding hydrogens is 225 g/mol. The van der Waals surface area contributed by atoms with Gasteiger partial charge in [0, 0.05) is 6.42 Å². The summed E-state index contributed by atoms with van der Waals surface area (Å²) in [5.74, 6) is -1.61. The molecule has 1 atom stereocenters. The third-order valence-corrected chi connectivity index (χ3v) is 2.12. The van der Waals surface area contributed by atoms with E-state index in [9.17, 15) is 14.0 Å². The molecule has 4 nitrogen and oxygen atoms in total. The molecule has 5 heteroatoms. The van der Waals surface area contributed by atoms with Crippen LogP contribution < -0.4 is 10.5 Å².